The van der Waals surface area contributed by atoms with Gasteiger partial charge in [-0.05, 0) is 56.0 Å². The summed E-state index contributed by atoms with van der Waals surface area (Å²) in [4.78, 5) is 0. The fourth-order valence-electron chi connectivity index (χ4n) is 3.84. The Kier molecular flexibility index (Phi) is 5.59. The lowest BCUT2D eigenvalue weighted by atomic mass is 9.72. The van der Waals surface area contributed by atoms with E-state index in [0.717, 1.165) is 30.4 Å². The summed E-state index contributed by atoms with van der Waals surface area (Å²) < 4.78 is 14.2. The van der Waals surface area contributed by atoms with Crippen LogP contribution in [0.5, 0.6) is 0 Å². The third-order valence-electron chi connectivity index (χ3n) is 4.54. The Morgan fingerprint density at radius 1 is 1.15 bits per heavy atom. The van der Waals surface area contributed by atoms with Crippen molar-refractivity contribution in [2.45, 2.75) is 52.5 Å². The maximum absolute atomic E-state index is 14.2. The highest BCUT2D eigenvalue weighted by Crippen LogP contribution is 2.40. The minimum Gasteiger partial charge on any atom is -0.310 e. The van der Waals surface area contributed by atoms with E-state index >= 15 is 0 Å². The molecule has 0 spiro atoms. The first kappa shape index (κ1) is 15.5. The summed E-state index contributed by atoms with van der Waals surface area (Å²) in [5.41, 5.74) is 0.854. The molecule has 0 aromatic heterocycles. The average molecular weight is 277 g/mol. The quantitative estimate of drug-likeness (QED) is 0.804. The molecule has 20 heavy (non-hydrogen) atoms. The molecule has 0 heterocycles. The van der Waals surface area contributed by atoms with Crippen LogP contribution in [-0.4, -0.2) is 6.54 Å². The third kappa shape index (κ3) is 3.82. The summed E-state index contributed by atoms with van der Waals surface area (Å²) in [6, 6.07) is 7.44. The van der Waals surface area contributed by atoms with E-state index in [1.54, 1.807) is 12.1 Å². The average Bonchev–Trinajstić information content (AvgIpc) is 2.40. The molecule has 0 radical (unpaired) electrons. The van der Waals surface area contributed by atoms with E-state index in [1.165, 1.54) is 19.3 Å². The van der Waals surface area contributed by atoms with Crippen LogP contribution in [0, 0.1) is 23.6 Å². The molecular formula is C18H28FN. The molecule has 0 saturated heterocycles. The van der Waals surface area contributed by atoms with Gasteiger partial charge in [0.1, 0.15) is 5.82 Å². The lowest BCUT2D eigenvalue weighted by molar-refractivity contribution is 0.174. The van der Waals surface area contributed by atoms with Crippen LogP contribution in [-0.2, 0) is 0 Å². The minimum absolute atomic E-state index is 0.0630. The molecule has 1 nitrogen and oxygen atoms in total. The second-order valence-electron chi connectivity index (χ2n) is 6.63. The van der Waals surface area contributed by atoms with Crippen LogP contribution in [0.2, 0.25) is 0 Å². The SMILES string of the molecule is CCCNC(c1ccccc1F)C1CC(C)CC(C)C1. The number of hydrogen-bond donors (Lipinski definition) is 1. The molecule has 0 bridgehead atoms. The van der Waals surface area contributed by atoms with E-state index in [0.29, 0.717) is 5.92 Å². The highest BCUT2D eigenvalue weighted by molar-refractivity contribution is 5.22. The molecule has 2 rings (SSSR count). The standard InChI is InChI=1S/C18H28FN/c1-4-9-20-18(16-7-5-6-8-17(16)19)15-11-13(2)10-14(3)12-15/h5-8,13-15,18,20H,4,9-12H2,1-3H3. The monoisotopic (exact) mass is 277 g/mol. The molecule has 1 N–H and O–H groups in total. The van der Waals surface area contributed by atoms with E-state index in [-0.39, 0.29) is 11.9 Å². The maximum atomic E-state index is 14.2. The molecule has 0 aliphatic heterocycles. The maximum Gasteiger partial charge on any atom is 0.127 e. The first-order valence-corrected chi connectivity index (χ1v) is 8.09. The van der Waals surface area contributed by atoms with Gasteiger partial charge in [-0.2, -0.15) is 0 Å². The van der Waals surface area contributed by atoms with Crippen molar-refractivity contribution in [3.8, 4) is 0 Å². The second kappa shape index (κ2) is 7.21. The van der Waals surface area contributed by atoms with Crippen molar-refractivity contribution in [1.29, 1.82) is 0 Å². The molecular weight excluding hydrogens is 249 g/mol. The fraction of sp³-hybridized carbons (Fsp3) is 0.667. The Morgan fingerprint density at radius 2 is 1.80 bits per heavy atom. The summed E-state index contributed by atoms with van der Waals surface area (Å²) in [6.07, 6.45) is 4.82. The zero-order chi connectivity index (χ0) is 14.5. The van der Waals surface area contributed by atoms with Crippen LogP contribution in [0.3, 0.4) is 0 Å². The summed E-state index contributed by atoms with van der Waals surface area (Å²) in [7, 11) is 0. The molecule has 1 fully saturated rings. The fourth-order valence-corrected chi connectivity index (χ4v) is 3.84. The van der Waals surface area contributed by atoms with E-state index in [4.69, 9.17) is 0 Å². The van der Waals surface area contributed by atoms with Gasteiger partial charge in [0.15, 0.2) is 0 Å². The molecule has 1 aromatic carbocycles. The van der Waals surface area contributed by atoms with Crippen LogP contribution in [0.1, 0.15) is 58.1 Å². The van der Waals surface area contributed by atoms with Crippen molar-refractivity contribution < 1.29 is 4.39 Å². The first-order valence-electron chi connectivity index (χ1n) is 8.09. The van der Waals surface area contributed by atoms with Gasteiger partial charge in [0, 0.05) is 11.6 Å². The van der Waals surface area contributed by atoms with Gasteiger partial charge in [-0.15, -0.1) is 0 Å². The van der Waals surface area contributed by atoms with Crippen molar-refractivity contribution in [3.63, 3.8) is 0 Å². The number of rotatable bonds is 5. The van der Waals surface area contributed by atoms with Gasteiger partial charge in [-0.1, -0.05) is 39.0 Å². The van der Waals surface area contributed by atoms with Crippen molar-refractivity contribution >= 4 is 0 Å². The van der Waals surface area contributed by atoms with Gasteiger partial charge in [0.2, 0.25) is 0 Å². The topological polar surface area (TPSA) is 12.0 Å². The number of halogens is 1. The lowest BCUT2D eigenvalue weighted by Gasteiger charge is -2.37. The van der Waals surface area contributed by atoms with Gasteiger partial charge in [0.05, 0.1) is 0 Å². The molecule has 1 saturated carbocycles. The van der Waals surface area contributed by atoms with Crippen molar-refractivity contribution in [3.05, 3.63) is 35.6 Å². The number of benzene rings is 1. The molecule has 1 aliphatic carbocycles. The van der Waals surface area contributed by atoms with E-state index < -0.39 is 0 Å². The van der Waals surface area contributed by atoms with Gasteiger partial charge in [-0.25, -0.2) is 4.39 Å². The predicted octanol–water partition coefficient (Wildman–Crippen LogP) is 4.94. The van der Waals surface area contributed by atoms with Crippen LogP contribution in [0.25, 0.3) is 0 Å². The summed E-state index contributed by atoms with van der Waals surface area (Å²) >= 11 is 0. The summed E-state index contributed by atoms with van der Waals surface area (Å²) in [5, 5.41) is 3.60. The van der Waals surface area contributed by atoms with E-state index in [9.17, 15) is 4.39 Å². The molecule has 3 atom stereocenters. The Bertz CT molecular complexity index is 408. The Hall–Kier alpha value is -0.890. The first-order chi connectivity index (χ1) is 9.61. The minimum atomic E-state index is -0.0630. The smallest absolute Gasteiger partial charge is 0.127 e. The van der Waals surface area contributed by atoms with E-state index in [2.05, 4.69) is 26.1 Å². The molecule has 1 aliphatic rings. The van der Waals surface area contributed by atoms with Gasteiger partial charge >= 0.3 is 0 Å². The Morgan fingerprint density at radius 3 is 2.40 bits per heavy atom. The summed E-state index contributed by atoms with van der Waals surface area (Å²) in [6.45, 7) is 7.79. The molecule has 2 heteroatoms. The lowest BCUT2D eigenvalue weighted by Crippen LogP contribution is -2.34. The zero-order valence-electron chi connectivity index (χ0n) is 13.0. The number of hydrogen-bond acceptors (Lipinski definition) is 1. The predicted molar refractivity (Wildman–Crippen MR) is 83.1 cm³/mol. The van der Waals surface area contributed by atoms with Crippen LogP contribution >= 0.6 is 0 Å². The third-order valence-corrected chi connectivity index (χ3v) is 4.54. The zero-order valence-corrected chi connectivity index (χ0v) is 13.0. The van der Waals surface area contributed by atoms with Crippen LogP contribution in [0.4, 0.5) is 4.39 Å². The molecule has 1 aromatic rings. The Labute approximate surface area is 123 Å². The van der Waals surface area contributed by atoms with Crippen LogP contribution < -0.4 is 5.32 Å². The molecule has 112 valence electrons. The largest absolute Gasteiger partial charge is 0.310 e. The van der Waals surface area contributed by atoms with Gasteiger partial charge in [0.25, 0.3) is 0 Å². The van der Waals surface area contributed by atoms with E-state index in [1.807, 2.05) is 12.1 Å². The number of nitrogens with one attached hydrogen (secondary N) is 1. The normalized spacial score (nSPS) is 28.3. The highest BCUT2D eigenvalue weighted by Gasteiger charge is 2.31. The molecule has 3 unspecified atom stereocenters. The second-order valence-corrected chi connectivity index (χ2v) is 6.63. The van der Waals surface area contributed by atoms with Gasteiger partial charge < -0.3 is 5.32 Å². The van der Waals surface area contributed by atoms with Crippen LogP contribution in [0.15, 0.2) is 24.3 Å². The van der Waals surface area contributed by atoms with Crippen molar-refractivity contribution in [1.82, 2.24) is 5.32 Å². The van der Waals surface area contributed by atoms with Gasteiger partial charge in [-0.3, -0.25) is 0 Å². The Balaban J connectivity index is 2.20. The summed E-state index contributed by atoms with van der Waals surface area (Å²) in [5.74, 6) is 1.99. The van der Waals surface area contributed by atoms with Crippen molar-refractivity contribution in [2.75, 3.05) is 6.54 Å². The highest BCUT2D eigenvalue weighted by atomic mass is 19.1. The molecule has 0 amide bonds. The van der Waals surface area contributed by atoms with Crippen molar-refractivity contribution in [2.24, 2.45) is 17.8 Å².